The van der Waals surface area contributed by atoms with E-state index in [0.717, 1.165) is 18.3 Å². The first-order chi connectivity index (χ1) is 24.4. The maximum absolute atomic E-state index is 13.5. The highest BCUT2D eigenvalue weighted by atomic mass is 127. The molecule has 0 heterocycles. The van der Waals surface area contributed by atoms with Crippen molar-refractivity contribution in [1.29, 1.82) is 0 Å². The van der Waals surface area contributed by atoms with Crippen LogP contribution in [0.1, 0.15) is 89.7 Å². The van der Waals surface area contributed by atoms with Crippen molar-refractivity contribution in [2.24, 2.45) is 10.8 Å². The van der Waals surface area contributed by atoms with E-state index in [9.17, 15) is 14.4 Å². The van der Waals surface area contributed by atoms with Gasteiger partial charge in [-0.25, -0.2) is 4.79 Å². The van der Waals surface area contributed by atoms with Crippen molar-refractivity contribution in [1.82, 2.24) is 0 Å². The molecule has 8 nitrogen and oxygen atoms in total. The van der Waals surface area contributed by atoms with Gasteiger partial charge in [-0.2, -0.15) is 0 Å². The van der Waals surface area contributed by atoms with Crippen LogP contribution < -0.4 is 14.2 Å². The molecular weight excluding hydrogens is 886 g/mol. The first-order valence-corrected chi connectivity index (χ1v) is 19.2. The highest BCUT2D eigenvalue weighted by molar-refractivity contribution is 14.1. The number of carbonyl (C=O) groups is 3. The predicted octanol–water partition coefficient (Wildman–Crippen LogP) is 10.6. The molecule has 0 saturated heterocycles. The standard InChI is InChI=1S/C42H46I2O8/c1-9-42(8,26-39(2,3)37(46)52-41(6,7)30-18-14-11-15-19-30)38(47)50-32-22-20-31(21-23-32)48-27-49-35-33(43)24-28(25-34(35)44)36(45)51-40(4,5)29-16-12-10-13-17-29/h10-25H,9,26-27H2,1-8H3. The Morgan fingerprint density at radius 1 is 0.615 bits per heavy atom. The van der Waals surface area contributed by atoms with Crippen molar-refractivity contribution in [3.8, 4) is 17.2 Å². The molecule has 52 heavy (non-hydrogen) atoms. The van der Waals surface area contributed by atoms with Gasteiger partial charge >= 0.3 is 17.9 Å². The van der Waals surface area contributed by atoms with Crippen LogP contribution in [0.3, 0.4) is 0 Å². The molecule has 0 fully saturated rings. The van der Waals surface area contributed by atoms with Crippen LogP contribution >= 0.6 is 45.2 Å². The molecule has 0 radical (unpaired) electrons. The van der Waals surface area contributed by atoms with E-state index in [2.05, 4.69) is 45.2 Å². The van der Waals surface area contributed by atoms with Crippen LogP contribution in [0.15, 0.2) is 97.1 Å². The van der Waals surface area contributed by atoms with Crippen LogP contribution in [-0.2, 0) is 30.3 Å². The summed E-state index contributed by atoms with van der Waals surface area (Å²) in [5.74, 6) is 0.196. The van der Waals surface area contributed by atoms with E-state index in [-0.39, 0.29) is 19.2 Å². The Hall–Kier alpha value is -3.65. The van der Waals surface area contributed by atoms with Gasteiger partial charge in [0.15, 0.2) is 0 Å². The zero-order valence-corrected chi connectivity index (χ0v) is 35.2. The summed E-state index contributed by atoms with van der Waals surface area (Å²) in [5.41, 5.74) is -1.31. The largest absolute Gasteiger partial charge is 0.457 e. The molecule has 0 amide bonds. The first kappa shape index (κ1) is 41.1. The van der Waals surface area contributed by atoms with Crippen molar-refractivity contribution < 1.29 is 38.1 Å². The normalized spacial score (nSPS) is 13.0. The van der Waals surface area contributed by atoms with Crippen molar-refractivity contribution in [3.63, 3.8) is 0 Å². The Kier molecular flexibility index (Phi) is 13.4. The van der Waals surface area contributed by atoms with Crippen LogP contribution in [0.25, 0.3) is 0 Å². The zero-order valence-electron chi connectivity index (χ0n) is 30.9. The minimum Gasteiger partial charge on any atom is -0.457 e. The smallest absolute Gasteiger partial charge is 0.339 e. The maximum atomic E-state index is 13.5. The topological polar surface area (TPSA) is 97.4 Å². The molecule has 0 aliphatic carbocycles. The lowest BCUT2D eigenvalue weighted by Crippen LogP contribution is -2.41. The van der Waals surface area contributed by atoms with Crippen LogP contribution in [0, 0.1) is 18.0 Å². The van der Waals surface area contributed by atoms with E-state index in [0.29, 0.717) is 29.2 Å². The third-order valence-corrected chi connectivity index (χ3v) is 10.6. The third-order valence-electron chi connectivity index (χ3n) is 8.99. The van der Waals surface area contributed by atoms with Crippen molar-refractivity contribution in [3.05, 3.63) is 121 Å². The fraction of sp³-hybridized carbons (Fsp3) is 0.357. The molecule has 0 spiro atoms. The summed E-state index contributed by atoms with van der Waals surface area (Å²) in [6.45, 7) is 14.7. The summed E-state index contributed by atoms with van der Waals surface area (Å²) in [4.78, 5) is 39.9. The van der Waals surface area contributed by atoms with E-state index in [4.69, 9.17) is 23.7 Å². The van der Waals surface area contributed by atoms with Gasteiger partial charge in [0, 0.05) is 0 Å². The monoisotopic (exact) mass is 932 g/mol. The van der Waals surface area contributed by atoms with E-state index in [1.165, 1.54) is 0 Å². The van der Waals surface area contributed by atoms with Gasteiger partial charge in [0.1, 0.15) is 28.5 Å². The van der Waals surface area contributed by atoms with Gasteiger partial charge < -0.3 is 23.7 Å². The third kappa shape index (κ3) is 10.5. The van der Waals surface area contributed by atoms with Gasteiger partial charge in [-0.3, -0.25) is 9.59 Å². The van der Waals surface area contributed by atoms with E-state index >= 15 is 0 Å². The van der Waals surface area contributed by atoms with Gasteiger partial charge in [0.05, 0.1) is 23.5 Å². The van der Waals surface area contributed by atoms with E-state index < -0.39 is 34.0 Å². The van der Waals surface area contributed by atoms with Crippen LogP contribution in [0.2, 0.25) is 0 Å². The summed E-state index contributed by atoms with van der Waals surface area (Å²) in [6.07, 6.45) is 0.706. The molecule has 0 aliphatic rings. The van der Waals surface area contributed by atoms with Crippen LogP contribution in [-0.4, -0.2) is 24.7 Å². The summed E-state index contributed by atoms with van der Waals surface area (Å²) in [6, 6.07) is 29.3. The first-order valence-electron chi connectivity index (χ1n) is 17.0. The molecule has 10 heteroatoms. The fourth-order valence-electron chi connectivity index (χ4n) is 5.65. The summed E-state index contributed by atoms with van der Waals surface area (Å²) < 4.78 is 30.8. The van der Waals surface area contributed by atoms with Gasteiger partial charge in [0.2, 0.25) is 6.79 Å². The molecule has 4 rings (SSSR count). The number of carbonyl (C=O) groups excluding carboxylic acids is 3. The van der Waals surface area contributed by atoms with Crippen molar-refractivity contribution in [2.45, 2.75) is 79.4 Å². The Morgan fingerprint density at radius 2 is 1.10 bits per heavy atom. The van der Waals surface area contributed by atoms with Crippen molar-refractivity contribution >= 4 is 63.1 Å². The van der Waals surface area contributed by atoms with Crippen LogP contribution in [0.4, 0.5) is 0 Å². The number of hydrogen-bond donors (Lipinski definition) is 0. The predicted molar refractivity (Wildman–Crippen MR) is 217 cm³/mol. The molecule has 4 aromatic carbocycles. The molecule has 0 bridgehead atoms. The Morgan fingerprint density at radius 3 is 1.60 bits per heavy atom. The molecule has 1 unspecified atom stereocenters. The number of rotatable bonds is 15. The molecule has 0 N–H and O–H groups in total. The van der Waals surface area contributed by atoms with E-state index in [1.54, 1.807) is 50.2 Å². The minimum atomic E-state index is -0.952. The van der Waals surface area contributed by atoms with Gasteiger partial charge in [0.25, 0.3) is 0 Å². The maximum Gasteiger partial charge on any atom is 0.339 e. The lowest BCUT2D eigenvalue weighted by molar-refractivity contribution is -0.171. The number of esters is 3. The second-order valence-electron chi connectivity index (χ2n) is 14.5. The van der Waals surface area contributed by atoms with Crippen LogP contribution in [0.5, 0.6) is 17.2 Å². The SMILES string of the molecule is CCC(C)(CC(C)(C)C(=O)OC(C)(C)c1ccccc1)C(=O)Oc1ccc(OCOc2c(I)cc(C(=O)OC(C)(C)c3ccccc3)cc2I)cc1. The molecule has 276 valence electrons. The van der Waals surface area contributed by atoms with Gasteiger partial charge in [-0.05, 0) is 154 Å². The summed E-state index contributed by atoms with van der Waals surface area (Å²) >= 11 is 4.25. The second kappa shape index (κ2) is 17.0. The molecule has 0 aliphatic heterocycles. The lowest BCUT2D eigenvalue weighted by Gasteiger charge is -2.36. The number of ether oxygens (including phenoxy) is 5. The number of hydrogen-bond acceptors (Lipinski definition) is 8. The lowest BCUT2D eigenvalue weighted by atomic mass is 9.72. The number of benzene rings is 4. The quantitative estimate of drug-likeness (QED) is 0.0503. The molecule has 0 saturated carbocycles. The van der Waals surface area contributed by atoms with Crippen molar-refractivity contribution in [2.75, 3.05) is 6.79 Å². The summed E-state index contributed by atoms with van der Waals surface area (Å²) in [5, 5.41) is 0. The highest BCUT2D eigenvalue weighted by Gasteiger charge is 2.44. The average Bonchev–Trinajstić information content (AvgIpc) is 3.10. The molecule has 4 aromatic rings. The average molecular weight is 933 g/mol. The molecule has 0 aromatic heterocycles. The molecular formula is C42H46I2O8. The Labute approximate surface area is 334 Å². The summed E-state index contributed by atoms with van der Waals surface area (Å²) in [7, 11) is 0. The zero-order chi connectivity index (χ0) is 38.3. The van der Waals surface area contributed by atoms with Gasteiger partial charge in [-0.15, -0.1) is 0 Å². The fourth-order valence-corrected chi connectivity index (χ4v) is 7.73. The Balaban J connectivity index is 1.31. The minimum absolute atomic E-state index is 0.0872. The molecule has 1 atom stereocenters. The van der Waals surface area contributed by atoms with E-state index in [1.807, 2.05) is 102 Å². The second-order valence-corrected chi connectivity index (χ2v) is 16.9. The highest BCUT2D eigenvalue weighted by Crippen LogP contribution is 2.41. The van der Waals surface area contributed by atoms with Gasteiger partial charge in [-0.1, -0.05) is 67.6 Å². The number of halogens is 2. The Bertz CT molecular complexity index is 1830.